The van der Waals surface area contributed by atoms with E-state index in [1.54, 1.807) is 22.9 Å². The lowest BCUT2D eigenvalue weighted by atomic mass is 10.1. The molecule has 9 heteroatoms. The highest BCUT2D eigenvalue weighted by molar-refractivity contribution is 5.82. The first-order valence-electron chi connectivity index (χ1n) is 9.69. The standard InChI is InChI=1S/C22H19N7O2/c23-14-18-20(27-28(22(18)24)16-5-2-1-3-6-16)7-4-12-25-21-11-8-15-13-17(29(30)31)9-10-19(15)26-21/h1-3,5-6,8-11,13H,4,7,12,24H2,(H,25,26). The third-order valence-corrected chi connectivity index (χ3v) is 4.89. The Labute approximate surface area is 177 Å². The first kappa shape index (κ1) is 19.8. The predicted octanol–water partition coefficient (Wildman–Crippen LogP) is 3.83. The SMILES string of the molecule is N#Cc1c(CCCNc2ccc3cc([N+](=O)[O-])ccc3n2)nn(-c2ccccc2)c1N. The lowest BCUT2D eigenvalue weighted by molar-refractivity contribution is -0.384. The van der Waals surface area contributed by atoms with Crippen molar-refractivity contribution in [2.75, 3.05) is 17.6 Å². The summed E-state index contributed by atoms with van der Waals surface area (Å²) in [5, 5.41) is 28.9. The van der Waals surface area contributed by atoms with E-state index >= 15 is 0 Å². The topological polar surface area (TPSA) is 136 Å². The van der Waals surface area contributed by atoms with E-state index in [1.165, 1.54) is 12.1 Å². The van der Waals surface area contributed by atoms with Crippen LogP contribution < -0.4 is 11.1 Å². The third kappa shape index (κ3) is 4.13. The number of aromatic nitrogens is 3. The fourth-order valence-electron chi connectivity index (χ4n) is 3.34. The van der Waals surface area contributed by atoms with Crippen molar-refractivity contribution < 1.29 is 4.92 Å². The zero-order valence-electron chi connectivity index (χ0n) is 16.5. The van der Waals surface area contributed by atoms with E-state index in [1.807, 2.05) is 30.3 Å². The van der Waals surface area contributed by atoms with E-state index in [-0.39, 0.29) is 5.69 Å². The van der Waals surface area contributed by atoms with E-state index in [0.717, 1.165) is 12.1 Å². The molecule has 4 rings (SSSR count). The molecule has 3 N–H and O–H groups in total. The van der Waals surface area contributed by atoms with Crippen LogP contribution in [0.25, 0.3) is 16.6 Å². The number of fused-ring (bicyclic) bond motifs is 1. The second-order valence-electron chi connectivity index (χ2n) is 6.93. The van der Waals surface area contributed by atoms with Crippen molar-refractivity contribution in [2.24, 2.45) is 0 Å². The van der Waals surface area contributed by atoms with Crippen molar-refractivity contribution in [1.29, 1.82) is 5.26 Å². The minimum absolute atomic E-state index is 0.0394. The van der Waals surface area contributed by atoms with Gasteiger partial charge in [0.1, 0.15) is 23.3 Å². The van der Waals surface area contributed by atoms with E-state index < -0.39 is 4.92 Å². The molecule has 0 unspecified atom stereocenters. The Morgan fingerprint density at radius 2 is 1.97 bits per heavy atom. The molecule has 2 aromatic carbocycles. The number of rotatable bonds is 7. The quantitative estimate of drug-likeness (QED) is 0.267. The van der Waals surface area contributed by atoms with E-state index in [2.05, 4.69) is 21.5 Å². The molecule has 0 atom stereocenters. The molecule has 154 valence electrons. The second-order valence-corrected chi connectivity index (χ2v) is 6.93. The molecular formula is C22H19N7O2. The van der Waals surface area contributed by atoms with Gasteiger partial charge in [-0.1, -0.05) is 18.2 Å². The van der Waals surface area contributed by atoms with Crippen molar-refractivity contribution in [1.82, 2.24) is 14.8 Å². The number of nitrogens with zero attached hydrogens (tertiary/aromatic N) is 5. The molecule has 0 bridgehead atoms. The Hall–Kier alpha value is -4.45. The number of para-hydroxylation sites is 1. The van der Waals surface area contributed by atoms with Crippen LogP contribution in [0.1, 0.15) is 17.7 Å². The Bertz CT molecular complexity index is 1290. The third-order valence-electron chi connectivity index (χ3n) is 4.89. The molecule has 9 nitrogen and oxygen atoms in total. The van der Waals surface area contributed by atoms with Crippen molar-refractivity contribution in [3.05, 3.63) is 82.0 Å². The van der Waals surface area contributed by atoms with Crippen molar-refractivity contribution in [3.8, 4) is 11.8 Å². The van der Waals surface area contributed by atoms with Crippen LogP contribution in [0.5, 0.6) is 0 Å². The number of nitro groups is 1. The van der Waals surface area contributed by atoms with Crippen LogP contribution in [0.3, 0.4) is 0 Å². The molecule has 4 aromatic rings. The minimum Gasteiger partial charge on any atom is -0.382 e. The molecule has 31 heavy (non-hydrogen) atoms. The van der Waals surface area contributed by atoms with Gasteiger partial charge < -0.3 is 11.1 Å². The normalized spacial score (nSPS) is 10.7. The molecule has 0 aliphatic rings. The Kier molecular flexibility index (Phi) is 5.45. The van der Waals surface area contributed by atoms with Crippen LogP contribution in [0, 0.1) is 21.4 Å². The Morgan fingerprint density at radius 3 is 2.71 bits per heavy atom. The van der Waals surface area contributed by atoms with Crippen LogP contribution in [-0.2, 0) is 6.42 Å². The van der Waals surface area contributed by atoms with Gasteiger partial charge in [-0.2, -0.15) is 10.4 Å². The largest absolute Gasteiger partial charge is 0.382 e. The molecule has 0 amide bonds. The number of hydrogen-bond donors (Lipinski definition) is 2. The molecule has 0 saturated heterocycles. The summed E-state index contributed by atoms with van der Waals surface area (Å²) in [6.07, 6.45) is 1.31. The maximum absolute atomic E-state index is 10.9. The zero-order valence-corrected chi connectivity index (χ0v) is 16.5. The molecular weight excluding hydrogens is 394 g/mol. The highest BCUT2D eigenvalue weighted by Gasteiger charge is 2.16. The van der Waals surface area contributed by atoms with Crippen LogP contribution in [-0.4, -0.2) is 26.2 Å². The van der Waals surface area contributed by atoms with Gasteiger partial charge in [0.05, 0.1) is 21.8 Å². The molecule has 0 aliphatic heterocycles. The minimum atomic E-state index is -0.424. The average molecular weight is 413 g/mol. The van der Waals surface area contributed by atoms with Crippen LogP contribution in [0.15, 0.2) is 60.7 Å². The summed E-state index contributed by atoms with van der Waals surface area (Å²) in [4.78, 5) is 15.0. The number of nitrogen functional groups attached to an aromatic ring is 1. The number of pyridine rings is 1. The molecule has 0 spiro atoms. The molecule has 0 fully saturated rings. The number of benzene rings is 2. The fraction of sp³-hybridized carbons (Fsp3) is 0.136. The van der Waals surface area contributed by atoms with Crippen LogP contribution in [0.2, 0.25) is 0 Å². The summed E-state index contributed by atoms with van der Waals surface area (Å²) in [5.74, 6) is 1.01. The lowest BCUT2D eigenvalue weighted by Gasteiger charge is -2.06. The summed E-state index contributed by atoms with van der Waals surface area (Å²) >= 11 is 0. The molecule has 0 saturated carbocycles. The van der Waals surface area contributed by atoms with Gasteiger partial charge in [0, 0.05) is 24.1 Å². The average Bonchev–Trinajstić information content (AvgIpc) is 3.11. The number of nitriles is 1. The first-order valence-corrected chi connectivity index (χ1v) is 9.69. The van der Waals surface area contributed by atoms with Gasteiger partial charge in [-0.25, -0.2) is 9.67 Å². The predicted molar refractivity (Wildman–Crippen MR) is 118 cm³/mol. The number of non-ortho nitro benzene ring substituents is 1. The summed E-state index contributed by atoms with van der Waals surface area (Å²) in [6.45, 7) is 0.620. The summed E-state index contributed by atoms with van der Waals surface area (Å²) in [6, 6.07) is 19.8. The van der Waals surface area contributed by atoms with Gasteiger partial charge in [-0.3, -0.25) is 10.1 Å². The molecule has 0 radical (unpaired) electrons. The number of nitrogens with one attached hydrogen (secondary N) is 1. The van der Waals surface area contributed by atoms with Crippen molar-refractivity contribution >= 4 is 28.2 Å². The van der Waals surface area contributed by atoms with Crippen LogP contribution in [0.4, 0.5) is 17.3 Å². The van der Waals surface area contributed by atoms with Crippen LogP contribution >= 0.6 is 0 Å². The van der Waals surface area contributed by atoms with Gasteiger partial charge in [0.2, 0.25) is 0 Å². The van der Waals surface area contributed by atoms with Gasteiger partial charge in [0.25, 0.3) is 5.69 Å². The summed E-state index contributed by atoms with van der Waals surface area (Å²) < 4.78 is 1.59. The first-order chi connectivity index (χ1) is 15.1. The maximum Gasteiger partial charge on any atom is 0.270 e. The molecule has 2 aromatic heterocycles. The molecule has 0 aliphatic carbocycles. The van der Waals surface area contributed by atoms with Gasteiger partial charge in [-0.05, 0) is 43.2 Å². The Morgan fingerprint density at radius 1 is 1.16 bits per heavy atom. The smallest absolute Gasteiger partial charge is 0.270 e. The number of hydrogen-bond acceptors (Lipinski definition) is 7. The number of nitro benzene ring substituents is 1. The monoisotopic (exact) mass is 413 g/mol. The maximum atomic E-state index is 10.9. The van der Waals surface area contributed by atoms with Gasteiger partial charge in [-0.15, -0.1) is 0 Å². The van der Waals surface area contributed by atoms with Crippen molar-refractivity contribution in [3.63, 3.8) is 0 Å². The highest BCUT2D eigenvalue weighted by atomic mass is 16.6. The highest BCUT2D eigenvalue weighted by Crippen LogP contribution is 2.23. The number of nitrogens with two attached hydrogens (primary N) is 1. The zero-order chi connectivity index (χ0) is 21.8. The van der Waals surface area contributed by atoms with Gasteiger partial charge >= 0.3 is 0 Å². The second kappa shape index (κ2) is 8.51. The van der Waals surface area contributed by atoms with E-state index in [9.17, 15) is 15.4 Å². The van der Waals surface area contributed by atoms with Gasteiger partial charge in [0.15, 0.2) is 0 Å². The lowest BCUT2D eigenvalue weighted by Crippen LogP contribution is -2.05. The summed E-state index contributed by atoms with van der Waals surface area (Å²) in [5.41, 5.74) is 8.71. The molecule has 2 heterocycles. The van der Waals surface area contributed by atoms with E-state index in [0.29, 0.717) is 46.8 Å². The fourth-order valence-corrected chi connectivity index (χ4v) is 3.34. The van der Waals surface area contributed by atoms with E-state index in [4.69, 9.17) is 5.73 Å². The Balaban J connectivity index is 1.41. The number of aryl methyl sites for hydroxylation is 1. The number of anilines is 2. The summed E-state index contributed by atoms with van der Waals surface area (Å²) in [7, 11) is 0. The van der Waals surface area contributed by atoms with Crippen molar-refractivity contribution in [2.45, 2.75) is 12.8 Å².